The molecule has 0 atom stereocenters. The largest absolute Gasteiger partial charge is 0.508 e. The van der Waals surface area contributed by atoms with Gasteiger partial charge in [-0.1, -0.05) is 0 Å². The summed E-state index contributed by atoms with van der Waals surface area (Å²) in [5, 5.41) is 9.08. The number of phenolic OH excluding ortho intramolecular Hbond substituents is 1. The van der Waals surface area contributed by atoms with E-state index in [9.17, 15) is 9.59 Å². The molecule has 1 aromatic heterocycles. The number of hydrogen-bond donors (Lipinski definition) is 1. The van der Waals surface area contributed by atoms with Gasteiger partial charge in [0.05, 0.1) is 5.56 Å². The average Bonchev–Trinajstić information content (AvgIpc) is 2.77. The van der Waals surface area contributed by atoms with Crippen molar-refractivity contribution in [2.24, 2.45) is 0 Å². The molecule has 0 saturated heterocycles. The van der Waals surface area contributed by atoms with E-state index in [0.29, 0.717) is 17.4 Å². The molecule has 1 N–H and O–H groups in total. The Morgan fingerprint density at radius 3 is 2.44 bits per heavy atom. The van der Waals surface area contributed by atoms with E-state index >= 15 is 0 Å². The quantitative estimate of drug-likeness (QED) is 0.629. The third kappa shape index (κ3) is 1.86. The summed E-state index contributed by atoms with van der Waals surface area (Å²) in [4.78, 5) is 22.2. The van der Waals surface area contributed by atoms with Crippen molar-refractivity contribution in [3.05, 3.63) is 53.5 Å². The minimum atomic E-state index is -0.253. The smallest absolute Gasteiger partial charge is 0.196 e. The summed E-state index contributed by atoms with van der Waals surface area (Å²) in [5.74, 6) is -0.0451. The summed E-state index contributed by atoms with van der Waals surface area (Å²) >= 11 is 0. The van der Waals surface area contributed by atoms with Gasteiger partial charge in [-0.15, -0.1) is 0 Å². The van der Waals surface area contributed by atoms with Crippen molar-refractivity contribution in [2.45, 2.75) is 0 Å². The molecule has 80 valence electrons. The summed E-state index contributed by atoms with van der Waals surface area (Å²) in [7, 11) is 0. The molecule has 0 aliphatic heterocycles. The Morgan fingerprint density at radius 1 is 1.19 bits per heavy atom. The van der Waals surface area contributed by atoms with Crippen LogP contribution in [0.15, 0.2) is 41.0 Å². The summed E-state index contributed by atoms with van der Waals surface area (Å²) in [6.07, 6.45) is 1.77. The minimum absolute atomic E-state index is 0.0947. The Kier molecular flexibility index (Phi) is 2.55. The average molecular weight is 216 g/mol. The molecule has 1 aromatic carbocycles. The van der Waals surface area contributed by atoms with Gasteiger partial charge in [-0.25, -0.2) is 0 Å². The van der Waals surface area contributed by atoms with Gasteiger partial charge in [-0.3, -0.25) is 9.59 Å². The van der Waals surface area contributed by atoms with Gasteiger partial charge < -0.3 is 9.52 Å². The van der Waals surface area contributed by atoms with Gasteiger partial charge in [0.2, 0.25) is 0 Å². The molecule has 2 rings (SSSR count). The summed E-state index contributed by atoms with van der Waals surface area (Å²) < 4.78 is 4.84. The molecule has 0 fully saturated rings. The zero-order valence-electron chi connectivity index (χ0n) is 8.21. The van der Waals surface area contributed by atoms with Crippen LogP contribution in [0.1, 0.15) is 26.5 Å². The summed E-state index contributed by atoms with van der Waals surface area (Å²) in [5.41, 5.74) is 0.740. The van der Waals surface area contributed by atoms with Crippen LogP contribution < -0.4 is 0 Å². The minimum Gasteiger partial charge on any atom is -0.508 e. The number of ketones is 1. The summed E-state index contributed by atoms with van der Waals surface area (Å²) in [6, 6.07) is 7.24. The molecule has 0 aliphatic rings. The van der Waals surface area contributed by atoms with E-state index in [4.69, 9.17) is 9.52 Å². The predicted octanol–water partition coefficient (Wildman–Crippen LogP) is 2.03. The number of carbonyl (C=O) groups is 2. The fourth-order valence-electron chi connectivity index (χ4n) is 1.31. The van der Waals surface area contributed by atoms with Crippen molar-refractivity contribution in [3.63, 3.8) is 0 Å². The molecule has 0 saturated carbocycles. The maximum atomic E-state index is 11.8. The highest BCUT2D eigenvalue weighted by Gasteiger charge is 2.12. The maximum Gasteiger partial charge on any atom is 0.196 e. The van der Waals surface area contributed by atoms with Crippen LogP contribution in [0, 0.1) is 0 Å². The van der Waals surface area contributed by atoms with Crippen LogP contribution in [0.3, 0.4) is 0 Å². The number of benzene rings is 1. The van der Waals surface area contributed by atoms with Crippen molar-refractivity contribution in [2.75, 3.05) is 0 Å². The second kappa shape index (κ2) is 4.02. The Bertz CT molecular complexity index is 522. The lowest BCUT2D eigenvalue weighted by atomic mass is 10.1. The molecule has 0 radical (unpaired) electrons. The molecule has 4 heteroatoms. The number of furan rings is 1. The molecular formula is C12H8O4. The standard InChI is InChI=1S/C12H8O4/c13-6-11-5-9(7-16-11)12(15)8-1-3-10(14)4-2-8/h1-7,14H. The SMILES string of the molecule is O=Cc1cc(C(=O)c2ccc(O)cc2)co1. The van der Waals surface area contributed by atoms with E-state index in [0.717, 1.165) is 0 Å². The Balaban J connectivity index is 2.31. The third-order valence-corrected chi connectivity index (χ3v) is 2.13. The van der Waals surface area contributed by atoms with Crippen molar-refractivity contribution < 1.29 is 19.1 Å². The monoisotopic (exact) mass is 216 g/mol. The fraction of sp³-hybridized carbons (Fsp3) is 0. The van der Waals surface area contributed by atoms with E-state index in [1.807, 2.05) is 0 Å². The second-order valence-electron chi connectivity index (χ2n) is 3.23. The second-order valence-corrected chi connectivity index (χ2v) is 3.23. The molecule has 2 aromatic rings. The number of aromatic hydroxyl groups is 1. The normalized spacial score (nSPS) is 10.0. The number of rotatable bonds is 3. The molecule has 0 bridgehead atoms. The van der Waals surface area contributed by atoms with Crippen LogP contribution in [0.4, 0.5) is 0 Å². The Labute approximate surface area is 91.1 Å². The Morgan fingerprint density at radius 2 is 1.88 bits per heavy atom. The van der Waals surface area contributed by atoms with Gasteiger partial charge in [-0.2, -0.15) is 0 Å². The summed E-state index contributed by atoms with van der Waals surface area (Å²) in [6.45, 7) is 0. The molecular weight excluding hydrogens is 208 g/mol. The van der Waals surface area contributed by atoms with Crippen molar-refractivity contribution in [1.29, 1.82) is 0 Å². The predicted molar refractivity (Wildman–Crippen MR) is 55.6 cm³/mol. The zero-order valence-corrected chi connectivity index (χ0v) is 8.21. The Hall–Kier alpha value is -2.36. The highest BCUT2D eigenvalue weighted by atomic mass is 16.3. The lowest BCUT2D eigenvalue weighted by Gasteiger charge is -1.97. The fourth-order valence-corrected chi connectivity index (χ4v) is 1.31. The van der Waals surface area contributed by atoms with Crippen LogP contribution in [0.25, 0.3) is 0 Å². The molecule has 16 heavy (non-hydrogen) atoms. The highest BCUT2D eigenvalue weighted by molar-refractivity contribution is 6.09. The molecule has 0 spiro atoms. The lowest BCUT2D eigenvalue weighted by molar-refractivity contribution is 0.103. The van der Waals surface area contributed by atoms with Gasteiger partial charge >= 0.3 is 0 Å². The van der Waals surface area contributed by atoms with E-state index in [1.54, 1.807) is 0 Å². The van der Waals surface area contributed by atoms with E-state index in [-0.39, 0.29) is 17.3 Å². The van der Waals surface area contributed by atoms with Gasteiger partial charge in [0, 0.05) is 5.56 Å². The molecule has 1 heterocycles. The first-order chi connectivity index (χ1) is 7.70. The third-order valence-electron chi connectivity index (χ3n) is 2.13. The van der Waals surface area contributed by atoms with E-state index in [1.165, 1.54) is 36.6 Å². The topological polar surface area (TPSA) is 67.5 Å². The first-order valence-electron chi connectivity index (χ1n) is 4.58. The number of phenols is 1. The first kappa shape index (κ1) is 10.2. The first-order valence-corrected chi connectivity index (χ1v) is 4.58. The van der Waals surface area contributed by atoms with Crippen LogP contribution >= 0.6 is 0 Å². The van der Waals surface area contributed by atoms with Crippen LogP contribution in [0.5, 0.6) is 5.75 Å². The van der Waals surface area contributed by atoms with E-state index < -0.39 is 0 Å². The van der Waals surface area contributed by atoms with Crippen LogP contribution in [-0.4, -0.2) is 17.2 Å². The maximum absolute atomic E-state index is 11.8. The highest BCUT2D eigenvalue weighted by Crippen LogP contribution is 2.15. The van der Waals surface area contributed by atoms with E-state index in [2.05, 4.69) is 0 Å². The molecule has 0 aliphatic carbocycles. The van der Waals surface area contributed by atoms with Gasteiger partial charge in [0.1, 0.15) is 12.0 Å². The zero-order chi connectivity index (χ0) is 11.5. The lowest BCUT2D eigenvalue weighted by Crippen LogP contribution is -1.98. The number of aldehydes is 1. The number of hydrogen-bond acceptors (Lipinski definition) is 4. The van der Waals surface area contributed by atoms with Crippen molar-refractivity contribution in [3.8, 4) is 5.75 Å². The van der Waals surface area contributed by atoms with Crippen molar-refractivity contribution >= 4 is 12.1 Å². The van der Waals surface area contributed by atoms with Crippen LogP contribution in [0.2, 0.25) is 0 Å². The van der Waals surface area contributed by atoms with Crippen LogP contribution in [-0.2, 0) is 0 Å². The van der Waals surface area contributed by atoms with Gasteiger partial charge in [0.25, 0.3) is 0 Å². The van der Waals surface area contributed by atoms with Gasteiger partial charge in [-0.05, 0) is 30.3 Å². The number of carbonyl (C=O) groups excluding carboxylic acids is 2. The van der Waals surface area contributed by atoms with Crippen molar-refractivity contribution in [1.82, 2.24) is 0 Å². The molecule has 0 unspecified atom stereocenters. The van der Waals surface area contributed by atoms with Gasteiger partial charge in [0.15, 0.2) is 17.8 Å². The molecule has 0 amide bonds. The molecule has 4 nitrogen and oxygen atoms in total.